The molecule has 0 fully saturated rings. The van der Waals surface area contributed by atoms with E-state index in [-0.39, 0.29) is 19.2 Å². The molecule has 170 valence electrons. The molecule has 3 aromatic heterocycles. The van der Waals surface area contributed by atoms with Crippen LogP contribution in [0.15, 0.2) is 30.6 Å². The lowest BCUT2D eigenvalue weighted by Crippen LogP contribution is -2.28. The van der Waals surface area contributed by atoms with Gasteiger partial charge in [0.15, 0.2) is 5.65 Å². The number of hydrogen-bond donors (Lipinski definition) is 2. The average Bonchev–Trinajstić information content (AvgIpc) is 3.51. The third-order valence-corrected chi connectivity index (χ3v) is 5.48. The Morgan fingerprint density at radius 3 is 3.00 bits per heavy atom. The molecule has 1 aromatic carbocycles. The van der Waals surface area contributed by atoms with Crippen molar-refractivity contribution in [2.45, 2.75) is 26.5 Å². The van der Waals surface area contributed by atoms with Gasteiger partial charge in [-0.3, -0.25) is 9.08 Å². The van der Waals surface area contributed by atoms with Crippen LogP contribution >= 0.6 is 0 Å². The van der Waals surface area contributed by atoms with Crippen LogP contribution in [0.25, 0.3) is 16.9 Å². The molecular weight excluding hydrogens is 431 g/mol. The van der Waals surface area contributed by atoms with Crippen molar-refractivity contribution < 1.29 is 23.8 Å². The second-order valence-corrected chi connectivity index (χ2v) is 7.68. The Balaban J connectivity index is 1.41. The number of halogens is 1. The van der Waals surface area contributed by atoms with Crippen LogP contribution < -0.4 is 14.8 Å². The highest BCUT2D eigenvalue weighted by Crippen LogP contribution is 2.30. The number of carbonyl (C=O) groups excluding carboxylic acids is 1. The minimum atomic E-state index is -0.803. The summed E-state index contributed by atoms with van der Waals surface area (Å²) in [6.45, 7) is 2.00. The summed E-state index contributed by atoms with van der Waals surface area (Å²) in [5, 5.41) is 16.5. The molecule has 1 aliphatic rings. The zero-order chi connectivity index (χ0) is 23.1. The fourth-order valence-electron chi connectivity index (χ4n) is 3.99. The lowest BCUT2D eigenvalue weighted by atomic mass is 10.0. The molecule has 0 bridgehead atoms. The zero-order valence-corrected chi connectivity index (χ0v) is 18.0. The molecule has 0 spiro atoms. The fraction of sp³-hybridized carbons (Fsp3) is 0.273. The number of aliphatic hydroxyl groups excluding tert-OH is 1. The smallest absolute Gasteiger partial charge is 0.415 e. The van der Waals surface area contributed by atoms with Gasteiger partial charge in [-0.15, -0.1) is 0 Å². The maximum absolute atomic E-state index is 14.3. The Morgan fingerprint density at radius 2 is 2.24 bits per heavy atom. The molecule has 11 heteroatoms. The van der Waals surface area contributed by atoms with Gasteiger partial charge in [0, 0.05) is 43.5 Å². The van der Waals surface area contributed by atoms with Crippen LogP contribution in [0.2, 0.25) is 0 Å². The number of hydrogen-bond acceptors (Lipinski definition) is 7. The maximum atomic E-state index is 14.3. The first-order valence-electron chi connectivity index (χ1n) is 10.3. The van der Waals surface area contributed by atoms with Crippen molar-refractivity contribution in [3.8, 4) is 23.0 Å². The summed E-state index contributed by atoms with van der Waals surface area (Å²) in [5.41, 5.74) is 4.20. The molecule has 4 aromatic rings. The number of benzene rings is 1. The van der Waals surface area contributed by atoms with Gasteiger partial charge in [-0.05, 0) is 25.1 Å². The summed E-state index contributed by atoms with van der Waals surface area (Å²) in [4.78, 5) is 21.2. The minimum absolute atomic E-state index is 0.0422. The van der Waals surface area contributed by atoms with Crippen LogP contribution in [0.4, 0.5) is 9.18 Å². The predicted octanol–water partition coefficient (Wildman–Crippen LogP) is 2.29. The second-order valence-electron chi connectivity index (χ2n) is 7.68. The number of nitrogens with one attached hydrogen (secondary N) is 1. The van der Waals surface area contributed by atoms with Gasteiger partial charge >= 0.3 is 12.1 Å². The van der Waals surface area contributed by atoms with Crippen molar-refractivity contribution in [1.82, 2.24) is 29.5 Å². The quantitative estimate of drug-likeness (QED) is 0.477. The summed E-state index contributed by atoms with van der Waals surface area (Å²) < 4.78 is 28.3. The predicted molar refractivity (Wildman–Crippen MR) is 114 cm³/mol. The Hall–Kier alpha value is -3.99. The van der Waals surface area contributed by atoms with E-state index in [2.05, 4.69) is 20.4 Å². The van der Waals surface area contributed by atoms with E-state index in [0.29, 0.717) is 41.2 Å². The first kappa shape index (κ1) is 20.9. The number of nitrogens with zero attached hydrogens (tertiary/aromatic N) is 5. The number of rotatable bonds is 5. The summed E-state index contributed by atoms with van der Waals surface area (Å²) >= 11 is 0. The van der Waals surface area contributed by atoms with Crippen LogP contribution in [0.5, 0.6) is 11.8 Å². The number of carbonyl (C=O) groups is 1. The van der Waals surface area contributed by atoms with Crippen molar-refractivity contribution in [1.29, 1.82) is 0 Å². The third-order valence-electron chi connectivity index (χ3n) is 5.48. The van der Waals surface area contributed by atoms with Crippen LogP contribution in [-0.4, -0.2) is 42.0 Å². The number of fused-ring (bicyclic) bond motifs is 2. The molecule has 0 radical (unpaired) electrons. The van der Waals surface area contributed by atoms with E-state index in [1.807, 2.05) is 13.0 Å². The van der Waals surface area contributed by atoms with Gasteiger partial charge in [-0.2, -0.15) is 5.10 Å². The number of aliphatic hydroxyl groups is 1. The Morgan fingerprint density at radius 1 is 1.39 bits per heavy atom. The highest BCUT2D eigenvalue weighted by Gasteiger charge is 2.21. The zero-order valence-electron chi connectivity index (χ0n) is 18.0. The van der Waals surface area contributed by atoms with E-state index >= 15 is 0 Å². The van der Waals surface area contributed by atoms with Gasteiger partial charge in [-0.1, -0.05) is 0 Å². The van der Waals surface area contributed by atoms with E-state index in [0.717, 1.165) is 17.0 Å². The summed E-state index contributed by atoms with van der Waals surface area (Å²) in [6, 6.07) is 4.75. The minimum Gasteiger partial charge on any atom is -0.493 e. The topological polar surface area (TPSA) is 116 Å². The van der Waals surface area contributed by atoms with Crippen molar-refractivity contribution >= 4 is 11.7 Å². The number of amides is 1. The van der Waals surface area contributed by atoms with Crippen molar-refractivity contribution in [2.24, 2.45) is 7.05 Å². The first-order valence-corrected chi connectivity index (χ1v) is 10.3. The van der Waals surface area contributed by atoms with Gasteiger partial charge in [0.05, 0.1) is 35.9 Å². The molecule has 5 rings (SSSR count). The normalized spacial score (nSPS) is 12.6. The standard InChI is InChI=1S/C22H21FN6O4/c1-12-7-18(28(2)27-12)16-9-24-21(29-10-13(11-30)26-20(16)29)33-22(31)25-8-15-14-5-6-32-19(14)4-3-17(15)23/h3-4,7,9-10,30H,5-6,8,11H2,1-2H3,(H,25,31). The van der Waals surface area contributed by atoms with Gasteiger partial charge in [0.25, 0.3) is 0 Å². The Bertz CT molecular complexity index is 1380. The molecule has 1 aliphatic heterocycles. The summed E-state index contributed by atoms with van der Waals surface area (Å²) in [7, 11) is 1.80. The lowest BCUT2D eigenvalue weighted by Gasteiger charge is -2.11. The molecule has 4 heterocycles. The summed E-state index contributed by atoms with van der Waals surface area (Å²) in [5.74, 6) is 0.207. The third kappa shape index (κ3) is 3.76. The molecule has 33 heavy (non-hydrogen) atoms. The maximum Gasteiger partial charge on any atom is 0.415 e. The molecular formula is C22H21FN6O4. The van der Waals surface area contributed by atoms with Crippen molar-refractivity contribution in [3.05, 3.63) is 58.9 Å². The highest BCUT2D eigenvalue weighted by atomic mass is 19.1. The van der Waals surface area contributed by atoms with E-state index in [1.165, 1.54) is 16.7 Å². The van der Waals surface area contributed by atoms with E-state index < -0.39 is 11.9 Å². The van der Waals surface area contributed by atoms with Gasteiger partial charge in [-0.25, -0.2) is 19.2 Å². The molecule has 0 saturated carbocycles. The molecule has 2 N–H and O–H groups in total. The van der Waals surface area contributed by atoms with Gasteiger partial charge in [0.1, 0.15) is 11.6 Å². The molecule has 0 unspecified atom stereocenters. The monoisotopic (exact) mass is 452 g/mol. The van der Waals surface area contributed by atoms with E-state index in [9.17, 15) is 14.3 Å². The van der Waals surface area contributed by atoms with Crippen LogP contribution in [-0.2, 0) is 26.6 Å². The molecule has 1 amide bonds. The molecule has 0 aliphatic carbocycles. The largest absolute Gasteiger partial charge is 0.493 e. The molecule has 0 atom stereocenters. The summed E-state index contributed by atoms with van der Waals surface area (Å²) in [6.07, 6.45) is 2.85. The molecule has 0 saturated heterocycles. The van der Waals surface area contributed by atoms with Crippen LogP contribution in [0.3, 0.4) is 0 Å². The Labute approximate surface area is 187 Å². The Kier molecular flexibility index (Phi) is 5.17. The average molecular weight is 452 g/mol. The highest BCUT2D eigenvalue weighted by molar-refractivity contribution is 5.76. The van der Waals surface area contributed by atoms with E-state index in [4.69, 9.17) is 9.47 Å². The van der Waals surface area contributed by atoms with Gasteiger partial charge in [0.2, 0.25) is 0 Å². The number of ether oxygens (including phenoxy) is 2. The first-order chi connectivity index (χ1) is 15.9. The molecule has 10 nitrogen and oxygen atoms in total. The SMILES string of the molecule is Cc1cc(-c2cnc(OC(=O)NCc3c(F)ccc4c3CCO4)n3cc(CO)nc23)n(C)n1. The van der Waals surface area contributed by atoms with Crippen LogP contribution in [0, 0.1) is 12.7 Å². The lowest BCUT2D eigenvalue weighted by molar-refractivity contribution is 0.195. The van der Waals surface area contributed by atoms with E-state index in [1.54, 1.807) is 24.0 Å². The van der Waals surface area contributed by atoms with Crippen molar-refractivity contribution in [3.63, 3.8) is 0 Å². The number of aryl methyl sites for hydroxylation is 2. The number of aromatic nitrogens is 5. The van der Waals surface area contributed by atoms with Crippen LogP contribution in [0.1, 0.15) is 22.5 Å². The fourth-order valence-corrected chi connectivity index (χ4v) is 3.99. The van der Waals surface area contributed by atoms with Gasteiger partial charge < -0.3 is 19.9 Å². The second kappa shape index (κ2) is 8.17. The van der Waals surface area contributed by atoms with Crippen molar-refractivity contribution in [2.75, 3.05) is 6.61 Å². The number of imidazole rings is 1.